The summed E-state index contributed by atoms with van der Waals surface area (Å²) in [4.78, 5) is 27.1. The van der Waals surface area contributed by atoms with Crippen molar-refractivity contribution in [2.24, 2.45) is 0 Å². The van der Waals surface area contributed by atoms with Gasteiger partial charge in [0.2, 0.25) is 11.8 Å². The first-order chi connectivity index (χ1) is 14.1. The normalized spacial score (nSPS) is 16.2. The minimum absolute atomic E-state index is 0.131. The quantitative estimate of drug-likeness (QED) is 0.678. The van der Waals surface area contributed by atoms with Gasteiger partial charge in [0, 0.05) is 17.3 Å². The minimum atomic E-state index is -0.589. The summed E-state index contributed by atoms with van der Waals surface area (Å²) in [5.74, 6) is -1.07. The fraction of sp³-hybridized carbons (Fsp3) is 0.0833. The molecule has 29 heavy (non-hydrogen) atoms. The molecule has 5 heteroatoms. The van der Waals surface area contributed by atoms with E-state index < -0.39 is 11.9 Å². The number of hydrogen-bond acceptors (Lipinski definition) is 2. The van der Waals surface area contributed by atoms with E-state index in [1.54, 1.807) is 6.08 Å². The van der Waals surface area contributed by atoms with Gasteiger partial charge in [-0.15, -0.1) is 0 Å². The van der Waals surface area contributed by atoms with Crippen LogP contribution in [0.4, 0.5) is 10.1 Å². The van der Waals surface area contributed by atoms with Gasteiger partial charge in [0.25, 0.3) is 0 Å². The number of amides is 2. The van der Waals surface area contributed by atoms with Gasteiger partial charge in [-0.1, -0.05) is 60.7 Å². The van der Waals surface area contributed by atoms with E-state index in [0.717, 1.165) is 11.1 Å². The van der Waals surface area contributed by atoms with Crippen molar-refractivity contribution in [2.45, 2.75) is 6.04 Å². The van der Waals surface area contributed by atoms with Crippen LogP contribution in [0.3, 0.4) is 0 Å². The Balaban J connectivity index is 1.78. The van der Waals surface area contributed by atoms with Crippen LogP contribution in [0, 0.1) is 5.82 Å². The number of fused-ring (bicyclic) bond motifs is 1. The summed E-state index contributed by atoms with van der Waals surface area (Å²) in [5, 5.41) is 2.78. The van der Waals surface area contributed by atoms with Gasteiger partial charge in [0.1, 0.15) is 12.4 Å². The minimum Gasteiger partial charge on any atom is -0.324 e. The largest absolute Gasteiger partial charge is 0.324 e. The summed E-state index contributed by atoms with van der Waals surface area (Å²) < 4.78 is 14.1. The number of hydrogen-bond donors (Lipinski definition) is 1. The zero-order valence-corrected chi connectivity index (χ0v) is 15.6. The predicted octanol–water partition coefficient (Wildman–Crippen LogP) is 4.41. The maximum atomic E-state index is 14.1. The summed E-state index contributed by atoms with van der Waals surface area (Å²) in [6, 6.07) is 22.4. The maximum absolute atomic E-state index is 14.1. The second-order valence-electron chi connectivity index (χ2n) is 6.80. The molecule has 1 N–H and O–H groups in total. The summed E-state index contributed by atoms with van der Waals surface area (Å²) in [5.41, 5.74) is 2.73. The highest BCUT2D eigenvalue weighted by Crippen LogP contribution is 2.36. The molecule has 0 fully saturated rings. The Morgan fingerprint density at radius 1 is 1.00 bits per heavy atom. The van der Waals surface area contributed by atoms with E-state index in [0.29, 0.717) is 11.3 Å². The number of halogens is 1. The molecule has 4 nitrogen and oxygen atoms in total. The first-order valence-electron chi connectivity index (χ1n) is 9.30. The van der Waals surface area contributed by atoms with E-state index in [9.17, 15) is 14.0 Å². The molecular weight excluding hydrogens is 367 g/mol. The summed E-state index contributed by atoms with van der Waals surface area (Å²) >= 11 is 0. The van der Waals surface area contributed by atoms with Crippen LogP contribution >= 0.6 is 0 Å². The predicted molar refractivity (Wildman–Crippen MR) is 111 cm³/mol. The van der Waals surface area contributed by atoms with Crippen LogP contribution in [0.25, 0.3) is 6.08 Å². The molecule has 0 aliphatic carbocycles. The average molecular weight is 386 g/mol. The van der Waals surface area contributed by atoms with Crippen molar-refractivity contribution < 1.29 is 14.0 Å². The number of benzene rings is 3. The molecule has 2 amide bonds. The van der Waals surface area contributed by atoms with Crippen molar-refractivity contribution in [3.8, 4) is 0 Å². The molecule has 4 rings (SSSR count). The molecule has 0 aromatic heterocycles. The van der Waals surface area contributed by atoms with E-state index in [-0.39, 0.29) is 18.4 Å². The number of nitrogens with zero attached hydrogens (tertiary/aromatic N) is 1. The van der Waals surface area contributed by atoms with Crippen LogP contribution in [0.2, 0.25) is 0 Å². The molecule has 144 valence electrons. The Morgan fingerprint density at radius 3 is 2.41 bits per heavy atom. The van der Waals surface area contributed by atoms with Gasteiger partial charge in [0.05, 0.1) is 6.04 Å². The number of carbonyl (C=O) groups is 2. The van der Waals surface area contributed by atoms with E-state index in [4.69, 9.17) is 0 Å². The summed E-state index contributed by atoms with van der Waals surface area (Å²) in [7, 11) is 0. The van der Waals surface area contributed by atoms with Crippen molar-refractivity contribution in [3.05, 3.63) is 107 Å². The second kappa shape index (κ2) is 8.10. The SMILES string of the molecule is O=C1CN(C(=O)C=Cc2ccccc2)C(c2ccccc2)c2cc(F)ccc2N1. The Morgan fingerprint density at radius 2 is 1.69 bits per heavy atom. The smallest absolute Gasteiger partial charge is 0.247 e. The molecule has 3 aromatic rings. The monoisotopic (exact) mass is 386 g/mol. The number of nitrogens with one attached hydrogen (secondary N) is 1. The van der Waals surface area contributed by atoms with E-state index in [2.05, 4.69) is 5.32 Å². The average Bonchev–Trinajstić information content (AvgIpc) is 2.89. The molecule has 3 aromatic carbocycles. The third-order valence-corrected chi connectivity index (χ3v) is 4.82. The van der Waals surface area contributed by atoms with Crippen molar-refractivity contribution >= 4 is 23.6 Å². The summed E-state index contributed by atoms with van der Waals surface area (Å²) in [6.07, 6.45) is 3.16. The highest BCUT2D eigenvalue weighted by atomic mass is 19.1. The number of rotatable bonds is 3. The topological polar surface area (TPSA) is 49.4 Å². The molecule has 0 spiro atoms. The standard InChI is InChI=1S/C24H19FN2O2/c25-19-12-13-21-20(15-19)24(18-9-5-2-6-10-18)27(16-22(28)26-21)23(29)14-11-17-7-3-1-4-8-17/h1-15,24H,16H2,(H,26,28). The van der Waals surface area contributed by atoms with Crippen LogP contribution < -0.4 is 5.32 Å². The molecule has 0 radical (unpaired) electrons. The second-order valence-corrected chi connectivity index (χ2v) is 6.80. The van der Waals surface area contributed by atoms with Crippen molar-refractivity contribution in [1.29, 1.82) is 0 Å². The molecule has 1 unspecified atom stereocenters. The maximum Gasteiger partial charge on any atom is 0.247 e. The number of anilines is 1. The van der Waals surface area contributed by atoms with E-state index in [1.165, 1.54) is 29.2 Å². The van der Waals surface area contributed by atoms with Crippen LogP contribution in [-0.2, 0) is 9.59 Å². The fourth-order valence-corrected chi connectivity index (χ4v) is 3.50. The van der Waals surface area contributed by atoms with Gasteiger partial charge >= 0.3 is 0 Å². The van der Waals surface area contributed by atoms with E-state index >= 15 is 0 Å². The lowest BCUT2D eigenvalue weighted by Gasteiger charge is -2.29. The third kappa shape index (κ3) is 4.09. The Bertz CT molecular complexity index is 1060. The van der Waals surface area contributed by atoms with E-state index in [1.807, 2.05) is 60.7 Å². The zero-order valence-electron chi connectivity index (χ0n) is 15.6. The van der Waals surface area contributed by atoms with Crippen LogP contribution in [0.1, 0.15) is 22.7 Å². The Hall–Kier alpha value is -3.73. The lowest BCUT2D eigenvalue weighted by Crippen LogP contribution is -2.38. The van der Waals surface area contributed by atoms with Gasteiger partial charge in [-0.25, -0.2) is 4.39 Å². The molecule has 1 aliphatic rings. The van der Waals surface area contributed by atoms with Gasteiger partial charge in [0.15, 0.2) is 0 Å². The highest BCUT2D eigenvalue weighted by Gasteiger charge is 2.32. The van der Waals surface area contributed by atoms with Gasteiger partial charge in [-0.3, -0.25) is 9.59 Å². The Labute approximate surface area is 168 Å². The highest BCUT2D eigenvalue weighted by molar-refractivity contribution is 6.00. The molecule has 1 heterocycles. The molecule has 1 aliphatic heterocycles. The number of carbonyl (C=O) groups excluding carboxylic acids is 2. The molecular formula is C24H19FN2O2. The summed E-state index contributed by atoms with van der Waals surface area (Å²) in [6.45, 7) is -0.131. The van der Waals surface area contributed by atoms with Crippen molar-refractivity contribution in [3.63, 3.8) is 0 Å². The third-order valence-electron chi connectivity index (χ3n) is 4.82. The van der Waals surface area contributed by atoms with Crippen molar-refractivity contribution in [1.82, 2.24) is 4.90 Å². The van der Waals surface area contributed by atoms with Crippen LogP contribution in [0.5, 0.6) is 0 Å². The lowest BCUT2D eigenvalue weighted by atomic mass is 9.95. The molecule has 0 saturated carbocycles. The van der Waals surface area contributed by atoms with Crippen LogP contribution in [0.15, 0.2) is 84.9 Å². The fourth-order valence-electron chi connectivity index (χ4n) is 3.50. The van der Waals surface area contributed by atoms with Gasteiger partial charge in [-0.05, 0) is 35.4 Å². The van der Waals surface area contributed by atoms with Gasteiger partial charge < -0.3 is 10.2 Å². The molecule has 0 bridgehead atoms. The Kier molecular flexibility index (Phi) is 5.20. The first-order valence-corrected chi connectivity index (χ1v) is 9.30. The van der Waals surface area contributed by atoms with Gasteiger partial charge in [-0.2, -0.15) is 0 Å². The first kappa shape index (κ1) is 18.6. The van der Waals surface area contributed by atoms with Crippen LogP contribution in [-0.4, -0.2) is 23.3 Å². The zero-order chi connectivity index (χ0) is 20.2. The van der Waals surface area contributed by atoms with Crippen molar-refractivity contribution in [2.75, 3.05) is 11.9 Å². The lowest BCUT2D eigenvalue weighted by molar-refractivity contribution is -0.131. The molecule has 0 saturated heterocycles. The molecule has 1 atom stereocenters.